The minimum absolute atomic E-state index is 0.700. The maximum atomic E-state index is 5.08. The largest absolute Gasteiger partial charge is 0.309 e. The molecule has 0 aliphatic rings. The molecule has 0 atom stereocenters. The third-order valence-corrected chi connectivity index (χ3v) is 17.0. The predicted molar refractivity (Wildman–Crippen MR) is 262 cm³/mol. The summed E-state index contributed by atoms with van der Waals surface area (Å²) in [4.78, 5) is 10.2. The number of nitrogens with zero attached hydrogens (tertiary/aromatic N) is 3. The molecular weight excluding hydrogens is 767 g/mol. The second-order valence-corrected chi connectivity index (χ2v) is 19.6. The molecule has 4 heteroatoms. The van der Waals surface area contributed by atoms with E-state index in [0.717, 1.165) is 39.3 Å². The molecule has 2 aromatic heterocycles. The third-order valence-electron chi connectivity index (χ3n) is 12.2. The van der Waals surface area contributed by atoms with Crippen LogP contribution in [0, 0.1) is 0 Å². The molecule has 0 saturated heterocycles. The molecule has 0 unspecified atom stereocenters. The average molecular weight is 808 g/mol. The molecule has 0 radical (unpaired) electrons. The Balaban J connectivity index is 0.982. The maximum absolute atomic E-state index is 5.08. The molecule has 11 aromatic rings. The van der Waals surface area contributed by atoms with Gasteiger partial charge in [0.15, 0.2) is 13.9 Å². The molecule has 0 fully saturated rings. The van der Waals surface area contributed by atoms with E-state index in [1.165, 1.54) is 48.2 Å². The maximum Gasteiger partial charge on any atom is 0.179 e. The van der Waals surface area contributed by atoms with E-state index in [-0.39, 0.29) is 0 Å². The number of para-hydroxylation sites is 1. The fourth-order valence-electron chi connectivity index (χ4n) is 9.26. The van der Waals surface area contributed by atoms with Crippen molar-refractivity contribution in [3.8, 4) is 50.7 Å². The van der Waals surface area contributed by atoms with Gasteiger partial charge >= 0.3 is 0 Å². The van der Waals surface area contributed by atoms with Gasteiger partial charge in [0.25, 0.3) is 0 Å². The molecule has 3 nitrogen and oxygen atoms in total. The van der Waals surface area contributed by atoms with Crippen molar-refractivity contribution in [2.24, 2.45) is 0 Å². The Morgan fingerprint density at radius 2 is 0.710 bits per heavy atom. The molecule has 0 saturated carbocycles. The van der Waals surface area contributed by atoms with Gasteiger partial charge in [0.1, 0.15) is 0 Å². The van der Waals surface area contributed by atoms with Crippen LogP contribution in [-0.2, 0) is 0 Å². The number of hydrogen-bond acceptors (Lipinski definition) is 2. The Kier molecular flexibility index (Phi) is 9.53. The van der Waals surface area contributed by atoms with Gasteiger partial charge in [0.05, 0.1) is 22.4 Å². The second kappa shape index (κ2) is 15.9. The zero-order valence-electron chi connectivity index (χ0n) is 34.0. The highest BCUT2D eigenvalue weighted by atomic mass is 28.3. The summed E-state index contributed by atoms with van der Waals surface area (Å²) in [7, 11) is -2.61. The van der Waals surface area contributed by atoms with E-state index in [4.69, 9.17) is 9.97 Å². The summed E-state index contributed by atoms with van der Waals surface area (Å²) in [6.07, 6.45) is 0. The third kappa shape index (κ3) is 6.54. The lowest BCUT2D eigenvalue weighted by Crippen LogP contribution is -2.74. The van der Waals surface area contributed by atoms with Crippen LogP contribution in [0.4, 0.5) is 0 Å². The van der Waals surface area contributed by atoms with Gasteiger partial charge in [-0.2, -0.15) is 0 Å². The lowest BCUT2D eigenvalue weighted by atomic mass is 10.0. The number of fused-ring (bicyclic) bond motifs is 3. The summed E-state index contributed by atoms with van der Waals surface area (Å²) in [5.41, 5.74) is 10.7. The van der Waals surface area contributed by atoms with Crippen LogP contribution in [-0.4, -0.2) is 22.6 Å². The highest BCUT2D eigenvalue weighted by Gasteiger charge is 2.41. The highest BCUT2D eigenvalue weighted by molar-refractivity contribution is 7.19. The summed E-state index contributed by atoms with van der Waals surface area (Å²) >= 11 is 0. The van der Waals surface area contributed by atoms with Crippen LogP contribution in [0.15, 0.2) is 249 Å². The summed E-state index contributed by atoms with van der Waals surface area (Å²) < 4.78 is 2.37. The van der Waals surface area contributed by atoms with Crippen LogP contribution in [0.3, 0.4) is 0 Å². The van der Waals surface area contributed by atoms with Crippen molar-refractivity contribution < 1.29 is 0 Å². The minimum Gasteiger partial charge on any atom is -0.309 e. The van der Waals surface area contributed by atoms with E-state index in [2.05, 4.69) is 241 Å². The molecular formula is C58H41N3Si. The Morgan fingerprint density at radius 1 is 0.290 bits per heavy atom. The molecule has 9 aromatic carbocycles. The number of aromatic nitrogens is 3. The monoisotopic (exact) mass is 807 g/mol. The van der Waals surface area contributed by atoms with Crippen molar-refractivity contribution in [1.29, 1.82) is 0 Å². The van der Waals surface area contributed by atoms with Gasteiger partial charge in [-0.3, -0.25) is 0 Å². The number of rotatable bonds is 9. The molecule has 0 amide bonds. The van der Waals surface area contributed by atoms with E-state index in [1.54, 1.807) is 0 Å². The summed E-state index contributed by atoms with van der Waals surface area (Å²) in [5, 5.41) is 7.92. The fraction of sp³-hybridized carbons (Fsp3) is 0. The summed E-state index contributed by atoms with van der Waals surface area (Å²) in [6, 6.07) is 89.8. The first-order chi connectivity index (χ1) is 30.7. The van der Waals surface area contributed by atoms with Crippen molar-refractivity contribution in [2.45, 2.75) is 0 Å². The molecule has 62 heavy (non-hydrogen) atoms. The van der Waals surface area contributed by atoms with Crippen molar-refractivity contribution >= 4 is 50.6 Å². The quantitative estimate of drug-likeness (QED) is 0.107. The van der Waals surface area contributed by atoms with E-state index in [0.29, 0.717) is 5.82 Å². The van der Waals surface area contributed by atoms with E-state index >= 15 is 0 Å². The smallest absolute Gasteiger partial charge is 0.179 e. The fourth-order valence-corrected chi connectivity index (χ4v) is 14.0. The van der Waals surface area contributed by atoms with E-state index < -0.39 is 8.07 Å². The molecule has 0 spiro atoms. The predicted octanol–water partition coefficient (Wildman–Crippen LogP) is 11.6. The molecule has 292 valence electrons. The molecule has 11 rings (SSSR count). The van der Waals surface area contributed by atoms with Gasteiger partial charge in [-0.25, -0.2) is 9.97 Å². The average Bonchev–Trinajstić information content (AvgIpc) is 3.69. The molecule has 2 heterocycles. The number of hydrogen-bond donors (Lipinski definition) is 0. The van der Waals surface area contributed by atoms with Crippen molar-refractivity contribution in [2.75, 3.05) is 0 Å². The number of benzene rings is 9. The van der Waals surface area contributed by atoms with Gasteiger partial charge < -0.3 is 4.57 Å². The van der Waals surface area contributed by atoms with E-state index in [1.807, 2.05) is 12.1 Å². The molecule has 0 aliphatic carbocycles. The first-order valence-corrected chi connectivity index (χ1v) is 23.2. The molecule has 0 N–H and O–H groups in total. The van der Waals surface area contributed by atoms with Crippen molar-refractivity contribution in [1.82, 2.24) is 14.5 Å². The minimum atomic E-state index is -2.61. The summed E-state index contributed by atoms with van der Waals surface area (Å²) in [5.74, 6) is 0.700. The van der Waals surface area contributed by atoms with Crippen molar-refractivity contribution in [3.05, 3.63) is 249 Å². The van der Waals surface area contributed by atoms with Gasteiger partial charge in [0.2, 0.25) is 0 Å². The van der Waals surface area contributed by atoms with Crippen LogP contribution >= 0.6 is 0 Å². The van der Waals surface area contributed by atoms with Crippen molar-refractivity contribution in [3.63, 3.8) is 0 Å². The van der Waals surface area contributed by atoms with Crippen LogP contribution < -0.4 is 20.7 Å². The highest BCUT2D eigenvalue weighted by Crippen LogP contribution is 2.36. The Bertz CT molecular complexity index is 3140. The zero-order chi connectivity index (χ0) is 41.3. The van der Waals surface area contributed by atoms with Crippen LogP contribution in [0.2, 0.25) is 0 Å². The topological polar surface area (TPSA) is 30.7 Å². The molecule has 0 bridgehead atoms. The van der Waals surface area contributed by atoms with Crippen LogP contribution in [0.1, 0.15) is 0 Å². The van der Waals surface area contributed by atoms with Gasteiger partial charge in [0, 0.05) is 33.2 Å². The van der Waals surface area contributed by atoms with Gasteiger partial charge in [-0.05, 0) is 80.4 Å². The lowest BCUT2D eigenvalue weighted by molar-refractivity contribution is 1.16. The SMILES string of the molecule is c1ccc(-c2cc(-c3ccccc3)nc(-c3ccc(-n4c5ccccc5c5cc(-c6ccc([Si](c7ccccc7)(c7ccccc7)c7ccccc7)cc6)ccc54)cc3)n2)cc1. The van der Waals surface area contributed by atoms with Crippen LogP contribution in [0.5, 0.6) is 0 Å². The van der Waals surface area contributed by atoms with E-state index in [9.17, 15) is 0 Å². The van der Waals surface area contributed by atoms with Gasteiger partial charge in [-0.15, -0.1) is 0 Å². The van der Waals surface area contributed by atoms with Crippen LogP contribution in [0.25, 0.3) is 72.5 Å². The molecule has 0 aliphatic heterocycles. The first-order valence-electron chi connectivity index (χ1n) is 21.2. The normalized spacial score (nSPS) is 11.5. The lowest BCUT2D eigenvalue weighted by Gasteiger charge is -2.34. The summed E-state index contributed by atoms with van der Waals surface area (Å²) in [6.45, 7) is 0. The Hall–Kier alpha value is -7.92. The van der Waals surface area contributed by atoms with Gasteiger partial charge in [-0.1, -0.05) is 200 Å². The first kappa shape index (κ1) is 37.1. The standard InChI is InChI=1S/C58H41N3Si/c1-6-18-43(19-7-1)54-41-55(44-20-8-2-9-21-44)60-58(59-54)45-30-35-47(36-31-45)61-56-29-17-16-28-52(56)53-40-46(34-39-57(53)61)42-32-37-51(38-33-42)62(48-22-10-3-11-23-48,49-24-12-4-13-25-49)50-26-14-5-15-27-50/h1-41H. The Morgan fingerprint density at radius 3 is 1.24 bits per heavy atom. The second-order valence-electron chi connectivity index (χ2n) is 15.8. The Labute approximate surface area is 362 Å². The zero-order valence-corrected chi connectivity index (χ0v) is 35.0.